The van der Waals surface area contributed by atoms with Crippen LogP contribution in [0.25, 0.3) is 27.4 Å². The summed E-state index contributed by atoms with van der Waals surface area (Å²) in [6.45, 7) is 7.14. The molecule has 0 aliphatic carbocycles. The van der Waals surface area contributed by atoms with Crippen molar-refractivity contribution in [1.82, 2.24) is 19.9 Å². The first kappa shape index (κ1) is 24.7. The van der Waals surface area contributed by atoms with E-state index >= 15 is 0 Å². The van der Waals surface area contributed by atoms with Crippen LogP contribution in [0.3, 0.4) is 0 Å². The minimum atomic E-state index is -3.64. The van der Waals surface area contributed by atoms with Gasteiger partial charge in [-0.3, -0.25) is 0 Å². The van der Waals surface area contributed by atoms with E-state index in [1.54, 1.807) is 18.2 Å². The Labute approximate surface area is 211 Å². The first-order valence-electron chi connectivity index (χ1n) is 10.7. The lowest BCUT2D eigenvalue weighted by molar-refractivity contribution is -0.287. The van der Waals surface area contributed by atoms with Crippen molar-refractivity contribution in [3.63, 3.8) is 0 Å². The average Bonchev–Trinajstić information content (AvgIpc) is 3.40. The zero-order chi connectivity index (χ0) is 26.9. The summed E-state index contributed by atoms with van der Waals surface area (Å²) in [5, 5.41) is 0. The van der Waals surface area contributed by atoms with E-state index in [2.05, 4.69) is 43.7 Å². The highest BCUT2D eigenvalue weighted by Gasteiger charge is 2.44. The molecule has 4 aromatic rings. The van der Waals surface area contributed by atoms with Crippen LogP contribution in [0.4, 0.5) is 23.4 Å². The summed E-state index contributed by atoms with van der Waals surface area (Å²) in [7, 11) is 0. The summed E-state index contributed by atoms with van der Waals surface area (Å²) in [4.78, 5) is 18.9. The second-order valence-corrected chi connectivity index (χ2v) is 7.63. The van der Waals surface area contributed by atoms with Gasteiger partial charge in [0.2, 0.25) is 6.33 Å². The molecular formula is C24H14F4N6O4. The second-order valence-electron chi connectivity index (χ2n) is 7.63. The van der Waals surface area contributed by atoms with E-state index in [-0.39, 0.29) is 35.4 Å². The number of hydrogen-bond donors (Lipinski definition) is 1. The highest BCUT2D eigenvalue weighted by Crippen LogP contribution is 2.43. The molecule has 0 amide bonds. The monoisotopic (exact) mass is 526 g/mol. The van der Waals surface area contributed by atoms with Gasteiger partial charge in [0.15, 0.2) is 23.0 Å². The van der Waals surface area contributed by atoms with Crippen LogP contribution in [0.2, 0.25) is 0 Å². The van der Waals surface area contributed by atoms with Crippen LogP contribution < -0.4 is 24.7 Å². The second kappa shape index (κ2) is 9.45. The molecule has 0 spiro atoms. The highest BCUT2D eigenvalue weighted by atomic mass is 19.3. The topological polar surface area (TPSA) is 119 Å². The summed E-state index contributed by atoms with van der Waals surface area (Å²) in [6, 6.07) is 11.9. The van der Waals surface area contributed by atoms with Gasteiger partial charge in [0.25, 0.3) is 5.82 Å². The molecule has 0 atom stereocenters. The minimum absolute atomic E-state index is 0.00172. The van der Waals surface area contributed by atoms with Gasteiger partial charge >= 0.3 is 12.6 Å². The fraction of sp³-hybridized carbons (Fsp3) is 0.125. The first-order valence-corrected chi connectivity index (χ1v) is 10.7. The first-order chi connectivity index (χ1) is 18.1. The number of halogens is 4. The Bertz CT molecular complexity index is 1560. The molecule has 10 nitrogen and oxygen atoms in total. The fourth-order valence-corrected chi connectivity index (χ4v) is 3.45. The van der Waals surface area contributed by atoms with Gasteiger partial charge in [-0.05, 0) is 48.5 Å². The lowest BCUT2D eigenvalue weighted by Gasteiger charge is -2.04. The quantitative estimate of drug-likeness (QED) is 0.292. The maximum absolute atomic E-state index is 12.9. The maximum atomic E-state index is 12.9. The molecule has 0 radical (unpaired) electrons. The molecule has 14 heteroatoms. The lowest BCUT2D eigenvalue weighted by atomic mass is 10.1. The molecule has 6 rings (SSSR count). The molecule has 38 heavy (non-hydrogen) atoms. The molecule has 0 unspecified atom stereocenters. The molecule has 2 aliphatic heterocycles. The SMILES string of the molecule is NCc1cc(-c2ccc3c(c2)OC(F)(F)O3)ncn1.[C-]#[N+]c1cc(-c2ccc3c(c2)OC(F)(F)O3)ncn1. The fourth-order valence-electron chi connectivity index (χ4n) is 3.45. The van der Waals surface area contributed by atoms with Crippen LogP contribution in [0.15, 0.2) is 61.2 Å². The van der Waals surface area contributed by atoms with Crippen molar-refractivity contribution in [3.05, 3.63) is 78.3 Å². The largest absolute Gasteiger partial charge is 0.586 e. The van der Waals surface area contributed by atoms with Crippen molar-refractivity contribution in [1.29, 1.82) is 0 Å². The van der Waals surface area contributed by atoms with Gasteiger partial charge in [-0.15, -0.1) is 22.5 Å². The lowest BCUT2D eigenvalue weighted by Crippen LogP contribution is -2.25. The van der Waals surface area contributed by atoms with Crippen molar-refractivity contribution in [2.24, 2.45) is 5.73 Å². The zero-order valence-electron chi connectivity index (χ0n) is 18.9. The van der Waals surface area contributed by atoms with E-state index in [4.69, 9.17) is 12.3 Å². The van der Waals surface area contributed by atoms with Gasteiger partial charge in [-0.1, -0.05) is 6.57 Å². The standard InChI is InChI=1S/C12H5F2N3O2.C12H9F2N3O2/c1-15-11-5-8(16-6-17-11)7-2-3-9-10(4-7)19-12(13,14)18-9;13-12(14)18-10-2-1-7(3-11(10)19-12)9-4-8(5-15)16-6-17-9/h2-6H;1-4,6H,5,15H2. The predicted octanol–water partition coefficient (Wildman–Crippen LogP) is 4.94. The van der Waals surface area contributed by atoms with Gasteiger partial charge in [0.1, 0.15) is 6.33 Å². The van der Waals surface area contributed by atoms with E-state index in [0.29, 0.717) is 28.2 Å². The highest BCUT2D eigenvalue weighted by molar-refractivity contribution is 5.67. The molecule has 0 saturated heterocycles. The number of nitrogens with zero attached hydrogens (tertiary/aromatic N) is 5. The average molecular weight is 526 g/mol. The van der Waals surface area contributed by atoms with Crippen LogP contribution in [0.5, 0.6) is 23.0 Å². The maximum Gasteiger partial charge on any atom is 0.586 e. The summed E-state index contributed by atoms with van der Waals surface area (Å²) in [5.41, 5.74) is 8.33. The van der Waals surface area contributed by atoms with Crippen LogP contribution in [0.1, 0.15) is 5.69 Å². The van der Waals surface area contributed by atoms with Crippen molar-refractivity contribution in [2.45, 2.75) is 19.1 Å². The Kier molecular flexibility index (Phi) is 6.13. The van der Waals surface area contributed by atoms with Gasteiger partial charge in [0, 0.05) is 17.7 Å². The third-order valence-corrected chi connectivity index (χ3v) is 5.09. The number of fused-ring (bicyclic) bond motifs is 2. The molecule has 192 valence electrons. The molecule has 2 N–H and O–H groups in total. The number of hydrogen-bond acceptors (Lipinski definition) is 9. The summed E-state index contributed by atoms with van der Waals surface area (Å²) >= 11 is 0. The van der Waals surface area contributed by atoms with E-state index in [0.717, 1.165) is 0 Å². The van der Waals surface area contributed by atoms with E-state index in [1.807, 2.05) is 0 Å². The Hall–Kier alpha value is -5.03. The molecule has 2 aromatic carbocycles. The molecule has 0 fully saturated rings. The van der Waals surface area contributed by atoms with Crippen LogP contribution in [-0.2, 0) is 6.54 Å². The summed E-state index contributed by atoms with van der Waals surface area (Å²) in [5.74, 6) is 0.0592. The van der Waals surface area contributed by atoms with Crippen LogP contribution in [0, 0.1) is 6.57 Å². The Morgan fingerprint density at radius 2 is 1.18 bits per heavy atom. The number of aromatic nitrogens is 4. The van der Waals surface area contributed by atoms with Gasteiger partial charge < -0.3 is 29.5 Å². The third-order valence-electron chi connectivity index (χ3n) is 5.09. The Morgan fingerprint density at radius 1 is 0.684 bits per heavy atom. The summed E-state index contributed by atoms with van der Waals surface area (Å²) < 4.78 is 68.9. The van der Waals surface area contributed by atoms with Gasteiger partial charge in [-0.2, -0.15) is 0 Å². The van der Waals surface area contributed by atoms with Crippen molar-refractivity contribution in [2.75, 3.05) is 0 Å². The molecule has 2 aliphatic rings. The molecule has 0 bridgehead atoms. The van der Waals surface area contributed by atoms with E-state index < -0.39 is 12.6 Å². The van der Waals surface area contributed by atoms with E-state index in [1.165, 1.54) is 43.0 Å². The van der Waals surface area contributed by atoms with Crippen LogP contribution in [-0.4, -0.2) is 32.5 Å². The molecule has 2 aromatic heterocycles. The Balaban J connectivity index is 0.000000155. The third kappa shape index (κ3) is 5.22. The number of benzene rings is 2. The smallest absolute Gasteiger partial charge is 0.395 e. The molecular weight excluding hydrogens is 512 g/mol. The minimum Gasteiger partial charge on any atom is -0.395 e. The number of rotatable bonds is 3. The van der Waals surface area contributed by atoms with Crippen molar-refractivity contribution >= 4 is 5.82 Å². The summed E-state index contributed by atoms with van der Waals surface area (Å²) in [6.07, 6.45) is -4.65. The van der Waals surface area contributed by atoms with Gasteiger partial charge in [-0.25, -0.2) is 15.0 Å². The Morgan fingerprint density at radius 3 is 1.71 bits per heavy atom. The van der Waals surface area contributed by atoms with Gasteiger partial charge in [0.05, 0.1) is 17.1 Å². The van der Waals surface area contributed by atoms with Crippen molar-refractivity contribution in [3.8, 4) is 45.5 Å². The number of alkyl halides is 4. The molecule has 0 saturated carbocycles. The molecule has 4 heterocycles. The zero-order valence-corrected chi connectivity index (χ0v) is 18.9. The van der Waals surface area contributed by atoms with E-state index in [9.17, 15) is 17.6 Å². The van der Waals surface area contributed by atoms with Crippen molar-refractivity contribution < 1.29 is 36.5 Å². The number of ether oxygens (including phenoxy) is 4. The van der Waals surface area contributed by atoms with Crippen LogP contribution >= 0.6 is 0 Å². The number of nitrogens with two attached hydrogens (primary N) is 1. The normalized spacial score (nSPS) is 15.3. The predicted molar refractivity (Wildman–Crippen MR) is 121 cm³/mol.